The molecule has 0 spiro atoms. The van der Waals surface area contributed by atoms with Crippen molar-refractivity contribution in [2.24, 2.45) is 0 Å². The highest BCUT2D eigenvalue weighted by Crippen LogP contribution is 2.05. The van der Waals surface area contributed by atoms with Gasteiger partial charge in [-0.25, -0.2) is 0 Å². The molecule has 1 N–H and O–H groups in total. The molecule has 0 atom stereocenters. The Morgan fingerprint density at radius 2 is 1.88 bits per heavy atom. The molecule has 0 aliphatic carbocycles. The van der Waals surface area contributed by atoms with Crippen LogP contribution in [0.25, 0.3) is 0 Å². The van der Waals surface area contributed by atoms with Crippen LogP contribution in [0.1, 0.15) is 25.0 Å². The Hall–Kier alpha value is -1.12. The molecule has 1 aromatic carbocycles. The summed E-state index contributed by atoms with van der Waals surface area (Å²) >= 11 is 0. The molecular formula is C14H21NO. The number of hydrogen-bond donors (Lipinski definition) is 1. The molecule has 0 saturated carbocycles. The van der Waals surface area contributed by atoms with Crippen LogP contribution in [0.2, 0.25) is 0 Å². The van der Waals surface area contributed by atoms with Gasteiger partial charge in [0.1, 0.15) is 0 Å². The van der Waals surface area contributed by atoms with Gasteiger partial charge in [-0.1, -0.05) is 43.3 Å². The van der Waals surface area contributed by atoms with Crippen molar-refractivity contribution in [3.8, 4) is 0 Å². The molecule has 2 heteroatoms. The topological polar surface area (TPSA) is 21.3 Å². The van der Waals surface area contributed by atoms with Gasteiger partial charge in [0.05, 0.1) is 13.2 Å². The molecule has 0 aromatic heterocycles. The average Bonchev–Trinajstić information content (AvgIpc) is 2.33. The van der Waals surface area contributed by atoms with Gasteiger partial charge in [-0.3, -0.25) is 0 Å². The first kappa shape index (κ1) is 12.9. The number of allylic oxidation sites excluding steroid dienone is 1. The summed E-state index contributed by atoms with van der Waals surface area (Å²) in [5.74, 6) is 0. The average molecular weight is 219 g/mol. The summed E-state index contributed by atoms with van der Waals surface area (Å²) in [6, 6.07) is 8.55. The molecule has 0 fully saturated rings. The van der Waals surface area contributed by atoms with Crippen molar-refractivity contribution in [3.05, 3.63) is 47.5 Å². The van der Waals surface area contributed by atoms with Crippen molar-refractivity contribution in [1.82, 2.24) is 5.32 Å². The molecule has 0 heterocycles. The Morgan fingerprint density at radius 3 is 2.50 bits per heavy atom. The van der Waals surface area contributed by atoms with Crippen LogP contribution in [0, 0.1) is 0 Å². The van der Waals surface area contributed by atoms with Gasteiger partial charge in [0.2, 0.25) is 0 Å². The first-order chi connectivity index (χ1) is 7.86. The highest BCUT2D eigenvalue weighted by atomic mass is 16.5. The van der Waals surface area contributed by atoms with E-state index in [2.05, 4.69) is 36.5 Å². The monoisotopic (exact) mass is 219 g/mol. The van der Waals surface area contributed by atoms with Gasteiger partial charge >= 0.3 is 0 Å². The summed E-state index contributed by atoms with van der Waals surface area (Å²) < 4.78 is 5.48. The van der Waals surface area contributed by atoms with Gasteiger partial charge in [-0.15, -0.1) is 0 Å². The minimum Gasteiger partial charge on any atom is -0.373 e. The minimum atomic E-state index is 0.686. The van der Waals surface area contributed by atoms with Gasteiger partial charge in [0.15, 0.2) is 0 Å². The normalized spacial score (nSPS) is 11.1. The number of nitrogens with one attached hydrogen (secondary N) is 1. The van der Waals surface area contributed by atoms with Crippen molar-refractivity contribution >= 4 is 0 Å². The molecule has 0 amide bonds. The largest absolute Gasteiger partial charge is 0.373 e. The van der Waals surface area contributed by atoms with Crippen LogP contribution in [0.4, 0.5) is 0 Å². The Labute approximate surface area is 98.3 Å². The van der Waals surface area contributed by atoms with Crippen molar-refractivity contribution in [3.63, 3.8) is 0 Å². The minimum absolute atomic E-state index is 0.686. The zero-order valence-electron chi connectivity index (χ0n) is 10.2. The van der Waals surface area contributed by atoms with Gasteiger partial charge in [-0.05, 0) is 24.6 Å². The molecule has 0 bridgehead atoms. The second-order valence-electron chi connectivity index (χ2n) is 3.68. The highest BCUT2D eigenvalue weighted by molar-refractivity contribution is 5.21. The third kappa shape index (κ3) is 5.10. The van der Waals surface area contributed by atoms with Crippen molar-refractivity contribution in [2.75, 3.05) is 13.2 Å². The summed E-state index contributed by atoms with van der Waals surface area (Å²) in [5.41, 5.74) is 2.55. The maximum Gasteiger partial charge on any atom is 0.0721 e. The van der Waals surface area contributed by atoms with E-state index in [9.17, 15) is 0 Å². The number of ether oxygens (including phenoxy) is 1. The van der Waals surface area contributed by atoms with E-state index < -0.39 is 0 Å². The smallest absolute Gasteiger partial charge is 0.0721 e. The zero-order valence-corrected chi connectivity index (χ0v) is 10.2. The molecule has 1 aromatic rings. The fourth-order valence-electron chi connectivity index (χ4n) is 1.36. The van der Waals surface area contributed by atoms with Crippen molar-refractivity contribution < 1.29 is 4.74 Å². The fraction of sp³-hybridized carbons (Fsp3) is 0.429. The molecule has 16 heavy (non-hydrogen) atoms. The van der Waals surface area contributed by atoms with Gasteiger partial charge in [0.25, 0.3) is 0 Å². The van der Waals surface area contributed by atoms with Crippen LogP contribution >= 0.6 is 0 Å². The summed E-state index contributed by atoms with van der Waals surface area (Å²) in [6.45, 7) is 7.44. The Balaban J connectivity index is 2.33. The molecular weight excluding hydrogens is 198 g/mol. The molecule has 0 aliphatic rings. The molecule has 2 nitrogen and oxygen atoms in total. The maximum absolute atomic E-state index is 5.48. The molecule has 0 aliphatic heterocycles. The third-order valence-corrected chi connectivity index (χ3v) is 2.32. The van der Waals surface area contributed by atoms with Crippen LogP contribution in [-0.2, 0) is 17.9 Å². The molecule has 0 saturated heterocycles. The van der Waals surface area contributed by atoms with E-state index in [1.54, 1.807) is 0 Å². The molecule has 0 unspecified atom stereocenters. The van der Waals surface area contributed by atoms with Crippen LogP contribution in [-0.4, -0.2) is 13.2 Å². The van der Waals surface area contributed by atoms with Crippen molar-refractivity contribution in [1.29, 1.82) is 0 Å². The predicted molar refractivity (Wildman–Crippen MR) is 68.3 cm³/mol. The first-order valence-electron chi connectivity index (χ1n) is 5.84. The lowest BCUT2D eigenvalue weighted by molar-refractivity contribution is 0.148. The van der Waals surface area contributed by atoms with Crippen molar-refractivity contribution in [2.45, 2.75) is 27.0 Å². The number of benzene rings is 1. The van der Waals surface area contributed by atoms with E-state index in [1.165, 1.54) is 11.1 Å². The van der Waals surface area contributed by atoms with Crippen LogP contribution in [0.3, 0.4) is 0 Å². The fourth-order valence-corrected chi connectivity index (χ4v) is 1.36. The summed E-state index contributed by atoms with van der Waals surface area (Å²) in [4.78, 5) is 0. The lowest BCUT2D eigenvalue weighted by Gasteiger charge is -2.05. The maximum atomic E-state index is 5.48. The molecule has 1 rings (SSSR count). The van der Waals surface area contributed by atoms with E-state index >= 15 is 0 Å². The second kappa shape index (κ2) is 8.08. The third-order valence-electron chi connectivity index (χ3n) is 2.32. The van der Waals surface area contributed by atoms with Gasteiger partial charge in [-0.2, -0.15) is 0 Å². The van der Waals surface area contributed by atoms with Gasteiger partial charge < -0.3 is 10.1 Å². The van der Waals surface area contributed by atoms with E-state index in [0.29, 0.717) is 13.2 Å². The Kier molecular flexibility index (Phi) is 6.54. The van der Waals surface area contributed by atoms with E-state index in [1.807, 2.05) is 19.1 Å². The lowest BCUT2D eigenvalue weighted by atomic mass is 10.1. The number of rotatable bonds is 7. The second-order valence-corrected chi connectivity index (χ2v) is 3.68. The molecule has 0 radical (unpaired) electrons. The van der Waals surface area contributed by atoms with E-state index in [-0.39, 0.29) is 0 Å². The summed E-state index contributed by atoms with van der Waals surface area (Å²) in [7, 11) is 0. The van der Waals surface area contributed by atoms with Crippen LogP contribution in [0.15, 0.2) is 36.4 Å². The van der Waals surface area contributed by atoms with Crippen LogP contribution in [0.5, 0.6) is 0 Å². The Morgan fingerprint density at radius 1 is 1.19 bits per heavy atom. The highest BCUT2D eigenvalue weighted by Gasteiger charge is 1.94. The zero-order chi connectivity index (χ0) is 11.6. The predicted octanol–water partition coefficient (Wildman–Crippen LogP) is 2.89. The standard InChI is InChI=1S/C14H21NO/c1-3-5-10-16-12-14-8-6-13(7-9-14)11-15-4-2/h3,5-9,15H,4,10-12H2,1-2H3/b5-3+. The quantitative estimate of drug-likeness (QED) is 0.562. The summed E-state index contributed by atoms with van der Waals surface area (Å²) in [5, 5.41) is 3.30. The molecule has 88 valence electrons. The van der Waals surface area contributed by atoms with Crippen LogP contribution < -0.4 is 5.32 Å². The van der Waals surface area contributed by atoms with E-state index in [0.717, 1.165) is 13.1 Å². The first-order valence-corrected chi connectivity index (χ1v) is 5.84. The Bertz CT molecular complexity index is 303. The summed E-state index contributed by atoms with van der Waals surface area (Å²) in [6.07, 6.45) is 4.01. The van der Waals surface area contributed by atoms with Gasteiger partial charge in [0, 0.05) is 6.54 Å². The number of hydrogen-bond acceptors (Lipinski definition) is 2. The SMILES string of the molecule is C/C=C/COCc1ccc(CNCC)cc1. The lowest BCUT2D eigenvalue weighted by Crippen LogP contribution is -2.11. The van der Waals surface area contributed by atoms with E-state index in [4.69, 9.17) is 4.74 Å².